The first-order valence-corrected chi connectivity index (χ1v) is 7.20. The highest BCUT2D eigenvalue weighted by molar-refractivity contribution is 5.64. The number of nitrogens with two attached hydrogens (primary N) is 1. The minimum Gasteiger partial charge on any atom is -0.324 e. The molecule has 1 aliphatic carbocycles. The highest BCUT2D eigenvalue weighted by atomic mass is 14.6. The first-order chi connectivity index (χ1) is 9.24. The largest absolute Gasteiger partial charge is 0.324 e. The fourth-order valence-electron chi connectivity index (χ4n) is 2.69. The summed E-state index contributed by atoms with van der Waals surface area (Å²) >= 11 is 0. The first kappa shape index (κ1) is 12.4. The predicted molar refractivity (Wildman–Crippen MR) is 81.1 cm³/mol. The Kier molecular flexibility index (Phi) is 3.39. The lowest BCUT2D eigenvalue weighted by Crippen LogP contribution is -2.08. The molecule has 0 aromatic heterocycles. The highest BCUT2D eigenvalue weighted by Gasteiger charge is 2.18. The minimum atomic E-state index is 0.0919. The van der Waals surface area contributed by atoms with Crippen LogP contribution in [0.1, 0.15) is 49.3 Å². The average molecular weight is 251 g/mol. The van der Waals surface area contributed by atoms with E-state index in [1.165, 1.54) is 41.5 Å². The van der Waals surface area contributed by atoms with Crippen LogP contribution in [0.25, 0.3) is 11.1 Å². The van der Waals surface area contributed by atoms with Crippen molar-refractivity contribution in [2.24, 2.45) is 5.73 Å². The van der Waals surface area contributed by atoms with Gasteiger partial charge in [0.2, 0.25) is 0 Å². The molecule has 1 atom stereocenters. The van der Waals surface area contributed by atoms with E-state index in [0.29, 0.717) is 0 Å². The molecule has 98 valence electrons. The third kappa shape index (κ3) is 2.57. The molecule has 1 saturated carbocycles. The van der Waals surface area contributed by atoms with Crippen molar-refractivity contribution in [3.8, 4) is 11.1 Å². The third-order valence-corrected chi connectivity index (χ3v) is 4.23. The van der Waals surface area contributed by atoms with E-state index < -0.39 is 0 Å². The number of rotatable bonds is 3. The van der Waals surface area contributed by atoms with E-state index in [1.54, 1.807) is 0 Å². The van der Waals surface area contributed by atoms with E-state index in [4.69, 9.17) is 5.73 Å². The Hall–Kier alpha value is -1.60. The number of benzene rings is 2. The van der Waals surface area contributed by atoms with E-state index in [9.17, 15) is 0 Å². The van der Waals surface area contributed by atoms with Crippen LogP contribution < -0.4 is 5.73 Å². The topological polar surface area (TPSA) is 26.0 Å². The fraction of sp³-hybridized carbons (Fsp3) is 0.333. The Morgan fingerprint density at radius 2 is 1.74 bits per heavy atom. The van der Waals surface area contributed by atoms with E-state index in [0.717, 1.165) is 5.92 Å². The van der Waals surface area contributed by atoms with Crippen molar-refractivity contribution < 1.29 is 0 Å². The summed E-state index contributed by atoms with van der Waals surface area (Å²) in [6.07, 6.45) is 4.11. The Morgan fingerprint density at radius 1 is 1.00 bits per heavy atom. The van der Waals surface area contributed by atoms with E-state index in [1.807, 2.05) is 6.92 Å². The van der Waals surface area contributed by atoms with Gasteiger partial charge in [0.05, 0.1) is 0 Å². The van der Waals surface area contributed by atoms with Crippen LogP contribution >= 0.6 is 0 Å². The molecule has 19 heavy (non-hydrogen) atoms. The monoisotopic (exact) mass is 251 g/mol. The van der Waals surface area contributed by atoms with Gasteiger partial charge in [0.25, 0.3) is 0 Å². The van der Waals surface area contributed by atoms with Crippen molar-refractivity contribution in [1.29, 1.82) is 0 Å². The molecule has 1 fully saturated rings. The molecule has 0 aliphatic heterocycles. The SMILES string of the molecule is CC(N)c1cccc(-c2ccc(C3CCC3)cc2)c1. The van der Waals surface area contributed by atoms with Gasteiger partial charge in [-0.05, 0) is 54.0 Å². The van der Waals surface area contributed by atoms with Gasteiger partial charge in [0.15, 0.2) is 0 Å². The van der Waals surface area contributed by atoms with Crippen LogP contribution in [-0.4, -0.2) is 0 Å². The van der Waals surface area contributed by atoms with Gasteiger partial charge >= 0.3 is 0 Å². The normalized spacial score (nSPS) is 16.9. The van der Waals surface area contributed by atoms with E-state index in [2.05, 4.69) is 48.5 Å². The van der Waals surface area contributed by atoms with Gasteiger partial charge in [-0.3, -0.25) is 0 Å². The van der Waals surface area contributed by atoms with Crippen LogP contribution in [0.15, 0.2) is 48.5 Å². The average Bonchev–Trinajstić information content (AvgIpc) is 2.38. The zero-order valence-electron chi connectivity index (χ0n) is 11.5. The Balaban J connectivity index is 1.87. The lowest BCUT2D eigenvalue weighted by molar-refractivity contribution is 0.420. The predicted octanol–water partition coefficient (Wildman–Crippen LogP) is 4.64. The standard InChI is InChI=1S/C18H21N/c1-13(19)17-6-3-7-18(12-17)16-10-8-15(9-11-16)14-4-2-5-14/h3,6-14H,2,4-5,19H2,1H3. The summed E-state index contributed by atoms with van der Waals surface area (Å²) in [5, 5.41) is 0. The Bertz CT molecular complexity index is 550. The van der Waals surface area contributed by atoms with Crippen LogP contribution in [0.4, 0.5) is 0 Å². The summed E-state index contributed by atoms with van der Waals surface area (Å²) in [5.74, 6) is 0.810. The maximum absolute atomic E-state index is 5.95. The van der Waals surface area contributed by atoms with Crippen LogP contribution in [0.2, 0.25) is 0 Å². The van der Waals surface area contributed by atoms with Crippen LogP contribution in [0, 0.1) is 0 Å². The fourth-order valence-corrected chi connectivity index (χ4v) is 2.69. The molecule has 0 heterocycles. The molecule has 0 radical (unpaired) electrons. The second kappa shape index (κ2) is 5.18. The van der Waals surface area contributed by atoms with Crippen LogP contribution in [-0.2, 0) is 0 Å². The number of hydrogen-bond donors (Lipinski definition) is 1. The zero-order valence-corrected chi connectivity index (χ0v) is 11.5. The zero-order chi connectivity index (χ0) is 13.2. The Morgan fingerprint density at radius 3 is 2.32 bits per heavy atom. The van der Waals surface area contributed by atoms with Gasteiger partial charge < -0.3 is 5.73 Å². The molecule has 0 spiro atoms. The maximum Gasteiger partial charge on any atom is 0.0266 e. The highest BCUT2D eigenvalue weighted by Crippen LogP contribution is 2.37. The van der Waals surface area contributed by atoms with Crippen molar-refractivity contribution in [3.63, 3.8) is 0 Å². The lowest BCUT2D eigenvalue weighted by Gasteiger charge is -2.25. The van der Waals surface area contributed by atoms with Crippen molar-refractivity contribution in [2.45, 2.75) is 38.1 Å². The van der Waals surface area contributed by atoms with E-state index >= 15 is 0 Å². The maximum atomic E-state index is 5.95. The van der Waals surface area contributed by atoms with Gasteiger partial charge in [-0.25, -0.2) is 0 Å². The van der Waals surface area contributed by atoms with Crippen molar-refractivity contribution in [1.82, 2.24) is 0 Å². The number of hydrogen-bond acceptors (Lipinski definition) is 1. The summed E-state index contributed by atoms with van der Waals surface area (Å²) in [6, 6.07) is 17.7. The van der Waals surface area contributed by atoms with Gasteiger partial charge in [0.1, 0.15) is 0 Å². The third-order valence-electron chi connectivity index (χ3n) is 4.23. The van der Waals surface area contributed by atoms with Crippen molar-refractivity contribution in [3.05, 3.63) is 59.7 Å². The second-order valence-corrected chi connectivity index (χ2v) is 5.66. The molecule has 0 saturated heterocycles. The first-order valence-electron chi connectivity index (χ1n) is 7.20. The molecular formula is C18H21N. The smallest absolute Gasteiger partial charge is 0.0266 e. The Labute approximate surface area is 115 Å². The molecule has 1 unspecified atom stereocenters. The second-order valence-electron chi connectivity index (χ2n) is 5.66. The quantitative estimate of drug-likeness (QED) is 0.845. The molecule has 3 rings (SSSR count). The molecule has 1 nitrogen and oxygen atoms in total. The molecule has 0 amide bonds. The van der Waals surface area contributed by atoms with Crippen molar-refractivity contribution >= 4 is 0 Å². The minimum absolute atomic E-state index is 0.0919. The van der Waals surface area contributed by atoms with Crippen LogP contribution in [0.3, 0.4) is 0 Å². The van der Waals surface area contributed by atoms with Gasteiger partial charge in [-0.2, -0.15) is 0 Å². The molecule has 2 N–H and O–H groups in total. The summed E-state index contributed by atoms with van der Waals surface area (Å²) in [6.45, 7) is 2.03. The van der Waals surface area contributed by atoms with Gasteiger partial charge in [0, 0.05) is 6.04 Å². The van der Waals surface area contributed by atoms with Gasteiger partial charge in [-0.15, -0.1) is 0 Å². The summed E-state index contributed by atoms with van der Waals surface area (Å²) in [7, 11) is 0. The molecule has 2 aromatic rings. The van der Waals surface area contributed by atoms with E-state index in [-0.39, 0.29) is 6.04 Å². The molecule has 1 heteroatoms. The summed E-state index contributed by atoms with van der Waals surface area (Å²) in [5.41, 5.74) is 11.2. The molecule has 1 aliphatic rings. The summed E-state index contributed by atoms with van der Waals surface area (Å²) < 4.78 is 0. The van der Waals surface area contributed by atoms with Crippen LogP contribution in [0.5, 0.6) is 0 Å². The molecule has 2 aromatic carbocycles. The van der Waals surface area contributed by atoms with Crippen molar-refractivity contribution in [2.75, 3.05) is 0 Å². The van der Waals surface area contributed by atoms with Gasteiger partial charge in [-0.1, -0.05) is 48.9 Å². The lowest BCUT2D eigenvalue weighted by atomic mass is 9.80. The molecular weight excluding hydrogens is 230 g/mol. The summed E-state index contributed by atoms with van der Waals surface area (Å²) in [4.78, 5) is 0. The molecule has 0 bridgehead atoms.